The molecule has 5 aromatic carbocycles. The number of fused-ring (bicyclic) bond motifs is 2. The van der Waals surface area contributed by atoms with Crippen molar-refractivity contribution in [1.82, 2.24) is 25.6 Å². The number of nitrogens with zero attached hydrogens (tertiary/aromatic N) is 4. The Labute approximate surface area is 358 Å². The van der Waals surface area contributed by atoms with Crippen molar-refractivity contribution >= 4 is 39.3 Å². The van der Waals surface area contributed by atoms with Gasteiger partial charge in [0, 0.05) is 23.7 Å². The van der Waals surface area contributed by atoms with Crippen LogP contribution in [0.4, 0.5) is 0 Å². The van der Waals surface area contributed by atoms with Crippen molar-refractivity contribution in [2.24, 2.45) is 28.1 Å². The van der Waals surface area contributed by atoms with Crippen LogP contribution in [0.1, 0.15) is 63.6 Å². The first-order valence-corrected chi connectivity index (χ1v) is 21.3. The van der Waals surface area contributed by atoms with Crippen molar-refractivity contribution < 1.29 is 19.1 Å². The van der Waals surface area contributed by atoms with Crippen LogP contribution in [-0.2, 0) is 29.2 Å². The van der Waals surface area contributed by atoms with Crippen molar-refractivity contribution in [2.45, 2.75) is 84.0 Å². The van der Waals surface area contributed by atoms with Crippen molar-refractivity contribution in [2.75, 3.05) is 19.7 Å². The molecule has 1 aromatic heterocycles. The van der Waals surface area contributed by atoms with Gasteiger partial charge in [0.05, 0.1) is 25.8 Å². The van der Waals surface area contributed by atoms with Gasteiger partial charge >= 0.3 is 0 Å². The van der Waals surface area contributed by atoms with Crippen molar-refractivity contribution in [1.29, 1.82) is 0 Å². The number of carbonyl (C=O) groups is 2. The lowest BCUT2D eigenvalue weighted by molar-refractivity contribution is -0.129. The quantitative estimate of drug-likeness (QED) is 0.0267. The maximum atomic E-state index is 13.9. The Balaban J connectivity index is 1.20. The fourth-order valence-electron chi connectivity index (χ4n) is 7.38. The predicted molar refractivity (Wildman–Crippen MR) is 243 cm³/mol. The van der Waals surface area contributed by atoms with Crippen molar-refractivity contribution in [3.63, 3.8) is 0 Å². The summed E-state index contributed by atoms with van der Waals surface area (Å²) in [7, 11) is 0. The van der Waals surface area contributed by atoms with Crippen LogP contribution < -0.4 is 37.3 Å². The average Bonchev–Trinajstić information content (AvgIpc) is 3.70. The molecule has 0 aliphatic rings. The van der Waals surface area contributed by atoms with Gasteiger partial charge in [0.1, 0.15) is 29.8 Å². The second-order valence-electron chi connectivity index (χ2n) is 15.8. The SMILES string of the molecule is CC(C)CCOc1ccc2ccccc2c1-c1c(OCc2cn(C[C@@H](CCCCN)NC(=O)[C@@H](CCCN=C(N)N)NC(=O)Cc3ccccc3)nn2)ccc2ccccc12. The van der Waals surface area contributed by atoms with Crippen LogP contribution in [0.15, 0.2) is 114 Å². The molecule has 320 valence electrons. The highest BCUT2D eigenvalue weighted by molar-refractivity contribution is 6.09. The minimum absolute atomic E-state index is 0.0227. The van der Waals surface area contributed by atoms with E-state index in [-0.39, 0.29) is 36.8 Å². The molecule has 0 radical (unpaired) electrons. The molecule has 2 amide bonds. The highest BCUT2D eigenvalue weighted by Crippen LogP contribution is 2.45. The molecule has 6 aromatic rings. The van der Waals surface area contributed by atoms with E-state index in [2.05, 4.69) is 88.3 Å². The van der Waals surface area contributed by atoms with Crippen LogP contribution in [-0.4, -0.2) is 64.5 Å². The summed E-state index contributed by atoms with van der Waals surface area (Å²) in [5.74, 6) is 1.45. The van der Waals surface area contributed by atoms with E-state index in [1.165, 1.54) is 0 Å². The fraction of sp³-hybridized carbons (Fsp3) is 0.354. The van der Waals surface area contributed by atoms with Crippen LogP contribution in [0.2, 0.25) is 0 Å². The van der Waals surface area contributed by atoms with Gasteiger partial charge in [0.25, 0.3) is 0 Å². The summed E-state index contributed by atoms with van der Waals surface area (Å²) >= 11 is 0. The van der Waals surface area contributed by atoms with Gasteiger partial charge in [-0.3, -0.25) is 19.3 Å². The standard InChI is InChI=1S/C48H59N9O4/c1-33(2)25-28-60-42-23-21-35-15-6-8-18-39(35)45(42)46-40-19-9-7-16-36(40)22-24-43(46)61-32-38-31-57(56-55-38)30-37(17-10-11-26-49)53-47(59)41(20-12-27-52-48(50)51)54-44(58)29-34-13-4-3-5-14-34/h3-9,13-16,18-19,21-24,31,33,37,41H,10-12,17,20,25-30,32,49H2,1-2H3,(H,53,59)(H,54,58)(H4,50,51,52)/t37-,41-/m1/s1. The molecule has 61 heavy (non-hydrogen) atoms. The molecule has 0 aliphatic carbocycles. The van der Waals surface area contributed by atoms with Crippen LogP contribution in [0.25, 0.3) is 32.7 Å². The minimum atomic E-state index is -0.791. The number of guanidine groups is 1. The number of nitrogens with two attached hydrogens (primary N) is 3. The number of rotatable bonds is 23. The second-order valence-corrected chi connectivity index (χ2v) is 15.8. The maximum absolute atomic E-state index is 13.9. The molecule has 2 atom stereocenters. The second kappa shape index (κ2) is 22.2. The molecule has 0 aliphatic heterocycles. The first-order chi connectivity index (χ1) is 29.7. The van der Waals surface area contributed by atoms with E-state index in [4.69, 9.17) is 26.7 Å². The Bertz CT molecular complexity index is 2380. The molecular weight excluding hydrogens is 767 g/mol. The van der Waals surface area contributed by atoms with Gasteiger partial charge in [-0.1, -0.05) is 116 Å². The number of aromatic nitrogens is 3. The Morgan fingerprint density at radius 2 is 1.41 bits per heavy atom. The summed E-state index contributed by atoms with van der Waals surface area (Å²) in [4.78, 5) is 31.0. The molecule has 8 N–H and O–H groups in total. The van der Waals surface area contributed by atoms with E-state index < -0.39 is 6.04 Å². The first kappa shape index (κ1) is 44.1. The molecule has 0 fully saturated rings. The van der Waals surface area contributed by atoms with Gasteiger partial charge in [-0.05, 0) is 83.8 Å². The largest absolute Gasteiger partial charge is 0.493 e. The van der Waals surface area contributed by atoms with Gasteiger partial charge in [0.15, 0.2) is 5.96 Å². The van der Waals surface area contributed by atoms with Crippen LogP contribution in [0.5, 0.6) is 11.5 Å². The number of unbranched alkanes of at least 4 members (excludes halogenated alkanes) is 1. The monoisotopic (exact) mass is 825 g/mol. The molecule has 13 heteroatoms. The van der Waals surface area contributed by atoms with E-state index in [0.29, 0.717) is 62.9 Å². The summed E-state index contributed by atoms with van der Waals surface area (Å²) in [5.41, 5.74) is 20.3. The zero-order valence-corrected chi connectivity index (χ0v) is 35.3. The summed E-state index contributed by atoms with van der Waals surface area (Å²) in [6.07, 6.45) is 6.03. The normalized spacial score (nSPS) is 12.3. The molecule has 0 saturated heterocycles. The van der Waals surface area contributed by atoms with Crippen LogP contribution >= 0.6 is 0 Å². The topological polar surface area (TPSA) is 198 Å². The smallest absolute Gasteiger partial charge is 0.242 e. The van der Waals surface area contributed by atoms with Gasteiger partial charge in [-0.2, -0.15) is 0 Å². The lowest BCUT2D eigenvalue weighted by Crippen LogP contribution is -2.51. The molecule has 0 saturated carbocycles. The average molecular weight is 826 g/mol. The summed E-state index contributed by atoms with van der Waals surface area (Å²) in [6.45, 7) is 6.38. The predicted octanol–water partition coefficient (Wildman–Crippen LogP) is 6.65. The minimum Gasteiger partial charge on any atom is -0.493 e. The number of benzene rings is 5. The van der Waals surface area contributed by atoms with E-state index in [1.807, 2.05) is 60.8 Å². The lowest BCUT2D eigenvalue weighted by Gasteiger charge is -2.23. The molecule has 0 bridgehead atoms. The fourth-order valence-corrected chi connectivity index (χ4v) is 7.38. The zero-order chi connectivity index (χ0) is 43.0. The maximum Gasteiger partial charge on any atom is 0.242 e. The third kappa shape index (κ3) is 12.8. The molecule has 1 heterocycles. The Morgan fingerprint density at radius 3 is 2.07 bits per heavy atom. The number of nitrogens with one attached hydrogen (secondary N) is 2. The first-order valence-electron chi connectivity index (χ1n) is 21.3. The summed E-state index contributed by atoms with van der Waals surface area (Å²) in [5, 5.41) is 19.4. The highest BCUT2D eigenvalue weighted by atomic mass is 16.5. The van der Waals surface area contributed by atoms with Gasteiger partial charge < -0.3 is 37.3 Å². The van der Waals surface area contributed by atoms with Crippen molar-refractivity contribution in [3.8, 4) is 22.6 Å². The molecule has 6 rings (SSSR count). The van der Waals surface area contributed by atoms with Crippen LogP contribution in [0, 0.1) is 5.92 Å². The zero-order valence-electron chi connectivity index (χ0n) is 35.3. The summed E-state index contributed by atoms with van der Waals surface area (Å²) < 4.78 is 14.9. The van der Waals surface area contributed by atoms with Gasteiger partial charge in [0.2, 0.25) is 11.8 Å². The van der Waals surface area contributed by atoms with E-state index in [1.54, 1.807) is 4.68 Å². The molecule has 13 nitrogen and oxygen atoms in total. The Morgan fingerprint density at radius 1 is 0.754 bits per heavy atom. The third-order valence-corrected chi connectivity index (χ3v) is 10.5. The number of carbonyl (C=O) groups excluding carboxylic acids is 2. The lowest BCUT2D eigenvalue weighted by atomic mass is 9.92. The van der Waals surface area contributed by atoms with E-state index in [0.717, 1.165) is 63.2 Å². The van der Waals surface area contributed by atoms with Crippen LogP contribution in [0.3, 0.4) is 0 Å². The number of aliphatic imine (C=N–C) groups is 1. The van der Waals surface area contributed by atoms with Gasteiger partial charge in [-0.15, -0.1) is 5.10 Å². The Hall–Kier alpha value is -6.47. The van der Waals surface area contributed by atoms with Crippen molar-refractivity contribution in [3.05, 3.63) is 121 Å². The highest BCUT2D eigenvalue weighted by Gasteiger charge is 2.25. The third-order valence-electron chi connectivity index (χ3n) is 10.5. The Kier molecular flexibility index (Phi) is 16.1. The molecular formula is C48H59N9O4. The number of amides is 2. The number of hydrogen-bond acceptors (Lipinski definition) is 8. The van der Waals surface area contributed by atoms with E-state index >= 15 is 0 Å². The molecule has 0 unspecified atom stereocenters. The van der Waals surface area contributed by atoms with E-state index in [9.17, 15) is 9.59 Å². The summed E-state index contributed by atoms with van der Waals surface area (Å²) in [6, 6.07) is 33.2. The number of hydrogen-bond donors (Lipinski definition) is 5. The number of ether oxygens (including phenoxy) is 2. The van der Waals surface area contributed by atoms with Gasteiger partial charge in [-0.25, -0.2) is 0 Å². The molecule has 0 spiro atoms.